The van der Waals surface area contributed by atoms with Crippen molar-refractivity contribution < 1.29 is 4.79 Å². The highest BCUT2D eigenvalue weighted by molar-refractivity contribution is 5.76. The zero-order valence-corrected chi connectivity index (χ0v) is 13.7. The number of nitrogens with zero attached hydrogens (tertiary/aromatic N) is 4. The standard InChI is InChI=1S/C18H24N4O/c1-2-20-10-12-22(13-11-20)18(23)8-9-21-14-17(19-15-21)16-6-4-3-5-7-16/h3-7,14-15H,2,8-13H2,1H3. The molecule has 1 fully saturated rings. The van der Waals surface area contributed by atoms with Crippen molar-refractivity contribution in [3.8, 4) is 11.3 Å². The Balaban J connectivity index is 1.51. The van der Waals surface area contributed by atoms with E-state index in [0.29, 0.717) is 13.0 Å². The highest BCUT2D eigenvalue weighted by Crippen LogP contribution is 2.16. The lowest BCUT2D eigenvalue weighted by atomic mass is 10.2. The van der Waals surface area contributed by atoms with Crippen LogP contribution in [-0.4, -0.2) is 58.0 Å². The van der Waals surface area contributed by atoms with Crippen molar-refractivity contribution in [2.45, 2.75) is 19.9 Å². The van der Waals surface area contributed by atoms with Gasteiger partial charge in [0.25, 0.3) is 0 Å². The molecule has 23 heavy (non-hydrogen) atoms. The predicted molar refractivity (Wildman–Crippen MR) is 91.0 cm³/mol. The minimum absolute atomic E-state index is 0.246. The Hall–Kier alpha value is -2.14. The Labute approximate surface area is 137 Å². The number of carbonyl (C=O) groups excluding carboxylic acids is 1. The molecule has 0 unspecified atom stereocenters. The number of carbonyl (C=O) groups is 1. The number of amides is 1. The quantitative estimate of drug-likeness (QED) is 0.849. The molecule has 2 heterocycles. The Morgan fingerprint density at radius 2 is 1.87 bits per heavy atom. The average Bonchev–Trinajstić information content (AvgIpc) is 3.09. The molecule has 1 aliphatic heterocycles. The van der Waals surface area contributed by atoms with Crippen LogP contribution >= 0.6 is 0 Å². The van der Waals surface area contributed by atoms with E-state index in [4.69, 9.17) is 0 Å². The molecule has 122 valence electrons. The van der Waals surface area contributed by atoms with E-state index in [9.17, 15) is 4.79 Å². The smallest absolute Gasteiger partial charge is 0.224 e. The van der Waals surface area contributed by atoms with Crippen LogP contribution in [0.4, 0.5) is 0 Å². The van der Waals surface area contributed by atoms with Crippen LogP contribution in [0.1, 0.15) is 13.3 Å². The summed E-state index contributed by atoms with van der Waals surface area (Å²) in [6.07, 6.45) is 4.36. The van der Waals surface area contributed by atoms with Gasteiger partial charge in [-0.3, -0.25) is 4.79 Å². The van der Waals surface area contributed by atoms with Crippen LogP contribution < -0.4 is 0 Å². The van der Waals surface area contributed by atoms with Crippen LogP contribution in [0.25, 0.3) is 11.3 Å². The summed E-state index contributed by atoms with van der Waals surface area (Å²) in [5, 5.41) is 0. The summed E-state index contributed by atoms with van der Waals surface area (Å²) in [5.41, 5.74) is 2.06. The van der Waals surface area contributed by atoms with E-state index in [1.807, 2.05) is 52.3 Å². The molecule has 0 atom stereocenters. The minimum atomic E-state index is 0.246. The van der Waals surface area contributed by atoms with Gasteiger partial charge in [-0.15, -0.1) is 0 Å². The van der Waals surface area contributed by atoms with Gasteiger partial charge in [-0.2, -0.15) is 0 Å². The van der Waals surface area contributed by atoms with Gasteiger partial charge < -0.3 is 14.4 Å². The summed E-state index contributed by atoms with van der Waals surface area (Å²) in [6.45, 7) is 7.61. The lowest BCUT2D eigenvalue weighted by molar-refractivity contribution is -0.133. The van der Waals surface area contributed by atoms with Crippen molar-refractivity contribution in [3.63, 3.8) is 0 Å². The van der Waals surface area contributed by atoms with E-state index < -0.39 is 0 Å². The molecule has 0 saturated carbocycles. The fraction of sp³-hybridized carbons (Fsp3) is 0.444. The maximum atomic E-state index is 12.3. The normalized spacial score (nSPS) is 15.8. The first-order valence-corrected chi connectivity index (χ1v) is 8.33. The molecule has 0 bridgehead atoms. The highest BCUT2D eigenvalue weighted by atomic mass is 16.2. The fourth-order valence-corrected chi connectivity index (χ4v) is 2.94. The van der Waals surface area contributed by atoms with Gasteiger partial charge in [0.1, 0.15) is 0 Å². The molecule has 1 amide bonds. The molecule has 0 radical (unpaired) electrons. The fourth-order valence-electron chi connectivity index (χ4n) is 2.94. The molecular formula is C18H24N4O. The molecule has 5 heteroatoms. The maximum Gasteiger partial charge on any atom is 0.224 e. The van der Waals surface area contributed by atoms with Gasteiger partial charge in [0, 0.05) is 50.9 Å². The third kappa shape index (κ3) is 3.99. The Morgan fingerprint density at radius 1 is 1.13 bits per heavy atom. The number of imidazole rings is 1. The Kier molecular flexibility index (Phi) is 5.08. The number of aromatic nitrogens is 2. The third-order valence-corrected chi connectivity index (χ3v) is 4.46. The van der Waals surface area contributed by atoms with Crippen LogP contribution in [-0.2, 0) is 11.3 Å². The van der Waals surface area contributed by atoms with Crippen molar-refractivity contribution >= 4 is 5.91 Å². The molecule has 1 aromatic heterocycles. The molecule has 5 nitrogen and oxygen atoms in total. The van der Waals surface area contributed by atoms with Crippen molar-refractivity contribution in [2.24, 2.45) is 0 Å². The zero-order valence-electron chi connectivity index (χ0n) is 13.7. The number of benzene rings is 1. The van der Waals surface area contributed by atoms with Crippen molar-refractivity contribution in [2.75, 3.05) is 32.7 Å². The molecule has 0 aliphatic carbocycles. The molecule has 2 aromatic rings. The van der Waals surface area contributed by atoms with Crippen molar-refractivity contribution in [1.29, 1.82) is 0 Å². The van der Waals surface area contributed by atoms with Gasteiger partial charge in [-0.1, -0.05) is 37.3 Å². The van der Waals surface area contributed by atoms with E-state index in [1.165, 1.54) is 0 Å². The molecule has 0 N–H and O–H groups in total. The predicted octanol–water partition coefficient (Wildman–Crippen LogP) is 2.10. The summed E-state index contributed by atoms with van der Waals surface area (Å²) in [6, 6.07) is 10.1. The Morgan fingerprint density at radius 3 is 2.57 bits per heavy atom. The largest absolute Gasteiger partial charge is 0.340 e. The second kappa shape index (κ2) is 7.42. The minimum Gasteiger partial charge on any atom is -0.340 e. The maximum absolute atomic E-state index is 12.3. The summed E-state index contributed by atoms with van der Waals surface area (Å²) >= 11 is 0. The first-order chi connectivity index (χ1) is 11.3. The van der Waals surface area contributed by atoms with Crippen LogP contribution in [0.5, 0.6) is 0 Å². The second-order valence-electron chi connectivity index (χ2n) is 5.93. The lowest BCUT2D eigenvalue weighted by Gasteiger charge is -2.34. The highest BCUT2D eigenvalue weighted by Gasteiger charge is 2.19. The Bertz CT molecular complexity index is 629. The number of hydrogen-bond acceptors (Lipinski definition) is 3. The molecule has 1 aliphatic rings. The van der Waals surface area contributed by atoms with Gasteiger partial charge >= 0.3 is 0 Å². The van der Waals surface area contributed by atoms with E-state index >= 15 is 0 Å². The van der Waals surface area contributed by atoms with Crippen LogP contribution in [0.2, 0.25) is 0 Å². The summed E-state index contributed by atoms with van der Waals surface area (Å²) in [4.78, 5) is 21.1. The van der Waals surface area contributed by atoms with Crippen molar-refractivity contribution in [1.82, 2.24) is 19.4 Å². The van der Waals surface area contributed by atoms with Crippen LogP contribution in [0.3, 0.4) is 0 Å². The van der Waals surface area contributed by atoms with E-state index in [1.54, 1.807) is 0 Å². The third-order valence-electron chi connectivity index (χ3n) is 4.46. The zero-order chi connectivity index (χ0) is 16.1. The van der Waals surface area contributed by atoms with E-state index in [0.717, 1.165) is 44.0 Å². The van der Waals surface area contributed by atoms with Gasteiger partial charge in [0.05, 0.1) is 12.0 Å². The number of likely N-dealkylation sites (N-methyl/N-ethyl adjacent to an activating group) is 1. The lowest BCUT2D eigenvalue weighted by Crippen LogP contribution is -2.48. The molecule has 3 rings (SSSR count). The second-order valence-corrected chi connectivity index (χ2v) is 5.93. The number of piperazine rings is 1. The van der Waals surface area contributed by atoms with E-state index in [-0.39, 0.29) is 5.91 Å². The topological polar surface area (TPSA) is 41.4 Å². The number of rotatable bonds is 5. The van der Waals surface area contributed by atoms with Crippen molar-refractivity contribution in [3.05, 3.63) is 42.9 Å². The molecule has 1 saturated heterocycles. The van der Waals surface area contributed by atoms with Crippen LogP contribution in [0, 0.1) is 0 Å². The average molecular weight is 312 g/mol. The molecular weight excluding hydrogens is 288 g/mol. The van der Waals surface area contributed by atoms with Gasteiger partial charge in [-0.25, -0.2) is 4.98 Å². The monoisotopic (exact) mass is 312 g/mol. The molecule has 0 spiro atoms. The van der Waals surface area contributed by atoms with E-state index in [2.05, 4.69) is 16.8 Å². The first kappa shape index (κ1) is 15.7. The van der Waals surface area contributed by atoms with Gasteiger partial charge in [-0.05, 0) is 6.54 Å². The van der Waals surface area contributed by atoms with Crippen LogP contribution in [0.15, 0.2) is 42.9 Å². The summed E-state index contributed by atoms with van der Waals surface area (Å²) < 4.78 is 2.00. The summed E-state index contributed by atoms with van der Waals surface area (Å²) in [7, 11) is 0. The first-order valence-electron chi connectivity index (χ1n) is 8.33. The SMILES string of the molecule is CCN1CCN(C(=O)CCn2cnc(-c3ccccc3)c2)CC1. The molecule has 1 aromatic carbocycles. The number of aryl methyl sites for hydroxylation is 1. The summed E-state index contributed by atoms with van der Waals surface area (Å²) in [5.74, 6) is 0.246. The van der Waals surface area contributed by atoms with Gasteiger partial charge in [0.2, 0.25) is 5.91 Å². The number of hydrogen-bond donors (Lipinski definition) is 0. The van der Waals surface area contributed by atoms with Gasteiger partial charge in [0.15, 0.2) is 0 Å².